The number of hydrogen-bond donors (Lipinski definition) is 1. The number of nitrogens with zero attached hydrogens (tertiary/aromatic N) is 4. The number of rotatable bonds is 5. The topological polar surface area (TPSA) is 129 Å². The Morgan fingerprint density at radius 2 is 1.87 bits per heavy atom. The van der Waals surface area contributed by atoms with Gasteiger partial charge in [0.2, 0.25) is 5.60 Å². The van der Waals surface area contributed by atoms with Crippen LogP contribution in [0.15, 0.2) is 18.5 Å². The van der Waals surface area contributed by atoms with Crippen LogP contribution in [-0.4, -0.2) is 64.8 Å². The first-order valence-electron chi connectivity index (χ1n) is 12.8. The molecule has 0 radical (unpaired) electrons. The Balaban J connectivity index is 1.68. The molecule has 0 aromatic carbocycles. The fraction of sp³-hybridized carbons (Fsp3) is 0.692. The molecule has 2 saturated heterocycles. The van der Waals surface area contributed by atoms with Crippen molar-refractivity contribution in [2.24, 2.45) is 0 Å². The third kappa shape index (κ3) is 5.30. The number of amides is 1. The Hall–Kier alpha value is -2.56. The van der Waals surface area contributed by atoms with Crippen LogP contribution < -0.4 is 5.32 Å². The average molecular weight is 546 g/mol. The summed E-state index contributed by atoms with van der Waals surface area (Å²) in [6.45, 7) is 19.8. The second-order valence-electron chi connectivity index (χ2n) is 12.9. The van der Waals surface area contributed by atoms with Crippen LogP contribution in [0.3, 0.4) is 0 Å². The Labute approximate surface area is 224 Å². The maximum Gasteiger partial charge on any atom is 0.413 e. The highest BCUT2D eigenvalue weighted by molar-refractivity contribution is 6.74. The van der Waals surface area contributed by atoms with E-state index in [4.69, 9.17) is 23.4 Å². The molecule has 0 bridgehead atoms. The maximum atomic E-state index is 12.4. The SMILES string of the molecule is CC(C)(C)OC(=O)Nc1ncnn2c([C@@H]3O[C@](C#N)(CO[Si](C)(C)C(C)(C)C)[C@H]4OC(C)(C)O[C@@H]34)ccc12. The molecule has 2 aliphatic heterocycles. The van der Waals surface area contributed by atoms with Crippen molar-refractivity contribution >= 4 is 25.7 Å². The number of nitriles is 1. The number of carbonyl (C=O) groups is 1. The number of hydrogen-bond acceptors (Lipinski definition) is 9. The molecular formula is C26H39N5O6Si. The highest BCUT2D eigenvalue weighted by Crippen LogP contribution is 2.51. The molecule has 1 amide bonds. The molecule has 2 aliphatic rings. The van der Waals surface area contributed by atoms with Gasteiger partial charge in [0.15, 0.2) is 19.9 Å². The van der Waals surface area contributed by atoms with Crippen LogP contribution in [0.25, 0.3) is 5.52 Å². The molecule has 4 atom stereocenters. The lowest BCUT2D eigenvalue weighted by Crippen LogP contribution is -2.51. The third-order valence-corrected chi connectivity index (χ3v) is 11.7. The Bertz CT molecular complexity index is 1260. The van der Waals surface area contributed by atoms with Gasteiger partial charge in [-0.15, -0.1) is 0 Å². The molecule has 0 spiro atoms. The molecule has 0 saturated carbocycles. The summed E-state index contributed by atoms with van der Waals surface area (Å²) in [7, 11) is -2.19. The third-order valence-electron chi connectivity index (χ3n) is 7.26. The lowest BCUT2D eigenvalue weighted by Gasteiger charge is -2.39. The monoisotopic (exact) mass is 545 g/mol. The van der Waals surface area contributed by atoms with Crippen molar-refractivity contribution in [2.75, 3.05) is 11.9 Å². The first-order valence-corrected chi connectivity index (χ1v) is 15.7. The van der Waals surface area contributed by atoms with Crippen LogP contribution in [0.2, 0.25) is 18.1 Å². The Kier molecular flexibility index (Phi) is 6.94. The quantitative estimate of drug-likeness (QED) is 0.519. The number of nitrogens with one attached hydrogen (secondary N) is 1. The molecule has 0 unspecified atom stereocenters. The van der Waals surface area contributed by atoms with Crippen molar-refractivity contribution in [3.05, 3.63) is 24.2 Å². The summed E-state index contributed by atoms with van der Waals surface area (Å²) >= 11 is 0. The standard InChI is InChI=1S/C26H39N5O6Si/c1-23(2,3)37-22(32)30-21-17-12-11-16(31(17)29-15-28-21)18-19-20(36-25(7,8)34-19)26(13-27,35-18)14-33-38(9,10)24(4,5)6/h11-12,15,18-20H,14H2,1-10H3,(H,28,29,30,32)/t18-,19-,20-,26+/m0/s1. The van der Waals surface area contributed by atoms with E-state index in [9.17, 15) is 10.1 Å². The highest BCUT2D eigenvalue weighted by Gasteiger charge is 2.65. The zero-order valence-electron chi connectivity index (χ0n) is 23.9. The molecule has 4 rings (SSSR count). The van der Waals surface area contributed by atoms with E-state index in [2.05, 4.69) is 55.3 Å². The first kappa shape index (κ1) is 28.4. The minimum atomic E-state index is -2.19. The summed E-state index contributed by atoms with van der Waals surface area (Å²) in [4.78, 5) is 16.6. The number of carbonyl (C=O) groups excluding carboxylic acids is 1. The van der Waals surface area contributed by atoms with Crippen molar-refractivity contribution in [3.63, 3.8) is 0 Å². The van der Waals surface area contributed by atoms with Gasteiger partial charge in [-0.05, 0) is 64.9 Å². The minimum absolute atomic E-state index is 0.0421. The lowest BCUT2D eigenvalue weighted by molar-refractivity contribution is -0.204. The van der Waals surface area contributed by atoms with Crippen molar-refractivity contribution in [2.45, 2.75) is 109 Å². The van der Waals surface area contributed by atoms with E-state index < -0.39 is 49.7 Å². The van der Waals surface area contributed by atoms with Crippen LogP contribution in [0.5, 0.6) is 0 Å². The second-order valence-corrected chi connectivity index (χ2v) is 17.7. The van der Waals surface area contributed by atoms with E-state index in [-0.39, 0.29) is 17.5 Å². The summed E-state index contributed by atoms with van der Waals surface area (Å²) in [5.41, 5.74) is -0.866. The van der Waals surface area contributed by atoms with E-state index in [0.29, 0.717) is 11.2 Å². The van der Waals surface area contributed by atoms with Crippen LogP contribution in [0, 0.1) is 11.3 Å². The summed E-state index contributed by atoms with van der Waals surface area (Å²) < 4.78 is 32.5. The molecule has 38 heavy (non-hydrogen) atoms. The van der Waals surface area contributed by atoms with Crippen molar-refractivity contribution in [1.29, 1.82) is 5.26 Å². The van der Waals surface area contributed by atoms with E-state index in [1.54, 1.807) is 31.4 Å². The number of ether oxygens (including phenoxy) is 4. The zero-order chi connectivity index (χ0) is 28.3. The normalized spacial score (nSPS) is 27.2. The minimum Gasteiger partial charge on any atom is -0.444 e. The molecule has 11 nitrogen and oxygen atoms in total. The summed E-state index contributed by atoms with van der Waals surface area (Å²) in [6.07, 6.45) is -1.23. The van der Waals surface area contributed by atoms with Crippen LogP contribution >= 0.6 is 0 Å². The fourth-order valence-corrected chi connectivity index (χ4v) is 5.38. The molecule has 4 heterocycles. The number of anilines is 1. The van der Waals surface area contributed by atoms with Gasteiger partial charge < -0.3 is 23.4 Å². The number of aromatic nitrogens is 3. The molecule has 1 N–H and O–H groups in total. The summed E-state index contributed by atoms with van der Waals surface area (Å²) in [6, 6.07) is 5.96. The van der Waals surface area contributed by atoms with Gasteiger partial charge in [-0.2, -0.15) is 10.4 Å². The molecule has 208 valence electrons. The highest BCUT2D eigenvalue weighted by atomic mass is 28.4. The van der Waals surface area contributed by atoms with Gasteiger partial charge in [-0.3, -0.25) is 5.32 Å². The van der Waals surface area contributed by atoms with E-state index in [1.165, 1.54) is 6.33 Å². The first-order chi connectivity index (χ1) is 17.4. The molecule has 2 fully saturated rings. The van der Waals surface area contributed by atoms with Gasteiger partial charge in [0.1, 0.15) is 41.8 Å². The summed E-state index contributed by atoms with van der Waals surface area (Å²) in [5, 5.41) is 17.5. The summed E-state index contributed by atoms with van der Waals surface area (Å²) in [5.74, 6) is -0.631. The molecule has 12 heteroatoms. The van der Waals surface area contributed by atoms with E-state index in [1.807, 2.05) is 19.9 Å². The molecule has 2 aromatic heterocycles. The fourth-order valence-electron chi connectivity index (χ4n) is 4.37. The average Bonchev–Trinajstić information content (AvgIpc) is 3.41. The van der Waals surface area contributed by atoms with Crippen LogP contribution in [0.4, 0.5) is 10.6 Å². The lowest BCUT2D eigenvalue weighted by atomic mass is 9.96. The Morgan fingerprint density at radius 1 is 1.18 bits per heavy atom. The van der Waals surface area contributed by atoms with Gasteiger partial charge in [0.05, 0.1) is 12.3 Å². The second kappa shape index (κ2) is 9.27. The van der Waals surface area contributed by atoms with Gasteiger partial charge >= 0.3 is 6.09 Å². The number of fused-ring (bicyclic) bond motifs is 2. The van der Waals surface area contributed by atoms with Gasteiger partial charge in [-0.25, -0.2) is 14.3 Å². The van der Waals surface area contributed by atoms with Gasteiger partial charge in [0.25, 0.3) is 0 Å². The predicted octanol–water partition coefficient (Wildman–Crippen LogP) is 4.95. The van der Waals surface area contributed by atoms with Crippen LogP contribution in [0.1, 0.15) is 67.2 Å². The predicted molar refractivity (Wildman–Crippen MR) is 142 cm³/mol. The molecule has 0 aliphatic carbocycles. The van der Waals surface area contributed by atoms with E-state index >= 15 is 0 Å². The zero-order valence-corrected chi connectivity index (χ0v) is 24.9. The molecular weight excluding hydrogens is 506 g/mol. The van der Waals surface area contributed by atoms with E-state index in [0.717, 1.165) is 0 Å². The van der Waals surface area contributed by atoms with Crippen molar-refractivity contribution < 1.29 is 28.2 Å². The smallest absolute Gasteiger partial charge is 0.413 e. The van der Waals surface area contributed by atoms with Crippen molar-refractivity contribution in [3.8, 4) is 6.07 Å². The largest absolute Gasteiger partial charge is 0.444 e. The van der Waals surface area contributed by atoms with Gasteiger partial charge in [-0.1, -0.05) is 20.8 Å². The van der Waals surface area contributed by atoms with Crippen LogP contribution in [-0.2, 0) is 23.4 Å². The van der Waals surface area contributed by atoms with Gasteiger partial charge in [0, 0.05) is 0 Å². The Morgan fingerprint density at radius 3 is 2.47 bits per heavy atom. The van der Waals surface area contributed by atoms with Crippen molar-refractivity contribution in [1.82, 2.24) is 14.6 Å². The molecule has 2 aromatic rings. The maximum absolute atomic E-state index is 12.4.